The zero-order valence-corrected chi connectivity index (χ0v) is 12.6. The highest BCUT2D eigenvalue weighted by Gasteiger charge is 2.15. The summed E-state index contributed by atoms with van der Waals surface area (Å²) in [4.78, 5) is 4.19. The number of nitrogens with zero attached hydrogens (tertiary/aromatic N) is 1. The average molecular weight is 341 g/mol. The first kappa shape index (κ1) is 16.0. The first-order valence-corrected chi connectivity index (χ1v) is 5.91. The van der Waals surface area contributed by atoms with Crippen molar-refractivity contribution in [2.45, 2.75) is 38.6 Å². The van der Waals surface area contributed by atoms with Crippen LogP contribution in [-0.4, -0.2) is 38.8 Å². The Morgan fingerprint density at radius 1 is 1.38 bits per heavy atom. The van der Waals surface area contributed by atoms with E-state index < -0.39 is 0 Å². The van der Waals surface area contributed by atoms with Crippen molar-refractivity contribution in [2.75, 3.05) is 26.8 Å². The summed E-state index contributed by atoms with van der Waals surface area (Å²) >= 11 is 0. The fourth-order valence-electron chi connectivity index (χ4n) is 1.84. The Morgan fingerprint density at radius 2 is 2.06 bits per heavy atom. The molecule has 0 aromatic heterocycles. The van der Waals surface area contributed by atoms with Crippen LogP contribution < -0.4 is 10.6 Å². The molecule has 1 aliphatic carbocycles. The number of nitrogens with one attached hydrogen (secondary N) is 2. The molecule has 0 bridgehead atoms. The molecule has 5 heteroatoms. The summed E-state index contributed by atoms with van der Waals surface area (Å²) in [5.74, 6) is 0.904. The largest absolute Gasteiger partial charge is 0.380 e. The van der Waals surface area contributed by atoms with E-state index in [4.69, 9.17) is 4.74 Å². The van der Waals surface area contributed by atoms with E-state index in [9.17, 15) is 0 Å². The number of halogens is 1. The van der Waals surface area contributed by atoms with Gasteiger partial charge < -0.3 is 15.4 Å². The van der Waals surface area contributed by atoms with Crippen molar-refractivity contribution in [1.82, 2.24) is 10.6 Å². The van der Waals surface area contributed by atoms with Crippen LogP contribution in [0.15, 0.2) is 4.99 Å². The molecule has 1 aliphatic rings. The van der Waals surface area contributed by atoms with Crippen LogP contribution >= 0.6 is 24.0 Å². The molecule has 2 N–H and O–H groups in total. The van der Waals surface area contributed by atoms with E-state index in [0.29, 0.717) is 6.04 Å². The number of guanidine groups is 1. The molecule has 0 aromatic rings. The summed E-state index contributed by atoms with van der Waals surface area (Å²) in [7, 11) is 1.81. The number of ether oxygens (including phenoxy) is 1. The Morgan fingerprint density at radius 3 is 2.62 bits per heavy atom. The molecule has 1 rings (SSSR count). The summed E-state index contributed by atoms with van der Waals surface area (Å²) in [6.45, 7) is 4.34. The van der Waals surface area contributed by atoms with Gasteiger partial charge in [0.05, 0.1) is 6.61 Å². The molecule has 0 atom stereocenters. The van der Waals surface area contributed by atoms with E-state index in [0.717, 1.165) is 25.7 Å². The number of hydrogen-bond acceptors (Lipinski definition) is 2. The Kier molecular flexibility index (Phi) is 10.1. The number of aliphatic imine (C=N–C) groups is 1. The zero-order valence-electron chi connectivity index (χ0n) is 10.3. The molecule has 0 aliphatic heterocycles. The van der Waals surface area contributed by atoms with Gasteiger partial charge in [-0.15, -0.1) is 24.0 Å². The SMILES string of the molecule is CCOCCNC(=NC)NC1CCCC1.I. The van der Waals surface area contributed by atoms with Gasteiger partial charge in [0.25, 0.3) is 0 Å². The van der Waals surface area contributed by atoms with Crippen LogP contribution in [0.5, 0.6) is 0 Å². The van der Waals surface area contributed by atoms with Gasteiger partial charge in [-0.1, -0.05) is 12.8 Å². The molecule has 1 fully saturated rings. The van der Waals surface area contributed by atoms with Crippen LogP contribution in [0.2, 0.25) is 0 Å². The zero-order chi connectivity index (χ0) is 10.9. The number of hydrogen-bond donors (Lipinski definition) is 2. The molecular weight excluding hydrogens is 317 g/mol. The van der Waals surface area contributed by atoms with Crippen LogP contribution in [0, 0.1) is 0 Å². The predicted molar refractivity (Wildman–Crippen MR) is 78.7 cm³/mol. The maximum atomic E-state index is 5.25. The van der Waals surface area contributed by atoms with E-state index in [1.807, 2.05) is 14.0 Å². The first-order chi connectivity index (χ1) is 7.36. The van der Waals surface area contributed by atoms with Gasteiger partial charge >= 0.3 is 0 Å². The summed E-state index contributed by atoms with van der Waals surface area (Å²) < 4.78 is 5.25. The van der Waals surface area contributed by atoms with Crippen molar-refractivity contribution in [3.05, 3.63) is 0 Å². The minimum atomic E-state index is 0. The lowest BCUT2D eigenvalue weighted by atomic mass is 10.2. The van der Waals surface area contributed by atoms with Crippen LogP contribution in [-0.2, 0) is 4.74 Å². The van der Waals surface area contributed by atoms with Gasteiger partial charge in [-0.05, 0) is 19.8 Å². The highest BCUT2D eigenvalue weighted by Crippen LogP contribution is 2.17. The molecule has 0 unspecified atom stereocenters. The second-order valence-corrected chi connectivity index (χ2v) is 3.82. The van der Waals surface area contributed by atoms with Crippen molar-refractivity contribution in [2.24, 2.45) is 4.99 Å². The minimum absolute atomic E-state index is 0. The Hall–Kier alpha value is -0.0400. The van der Waals surface area contributed by atoms with Crippen molar-refractivity contribution >= 4 is 29.9 Å². The van der Waals surface area contributed by atoms with Gasteiger partial charge in [0.2, 0.25) is 0 Å². The molecule has 0 spiro atoms. The average Bonchev–Trinajstić information content (AvgIpc) is 2.75. The molecule has 0 amide bonds. The Balaban J connectivity index is 0.00000225. The summed E-state index contributed by atoms with van der Waals surface area (Å²) in [6, 6.07) is 0.614. The lowest BCUT2D eigenvalue weighted by Gasteiger charge is -2.16. The third-order valence-electron chi connectivity index (χ3n) is 2.66. The van der Waals surface area contributed by atoms with Crippen molar-refractivity contribution in [3.8, 4) is 0 Å². The molecule has 0 saturated heterocycles. The summed E-state index contributed by atoms with van der Waals surface area (Å²) in [5, 5.41) is 6.67. The van der Waals surface area contributed by atoms with E-state index >= 15 is 0 Å². The van der Waals surface area contributed by atoms with E-state index in [2.05, 4.69) is 15.6 Å². The molecule has 96 valence electrons. The van der Waals surface area contributed by atoms with Crippen LogP contribution in [0.3, 0.4) is 0 Å². The lowest BCUT2D eigenvalue weighted by Crippen LogP contribution is -2.43. The van der Waals surface area contributed by atoms with Gasteiger partial charge in [0.1, 0.15) is 0 Å². The van der Waals surface area contributed by atoms with Gasteiger partial charge in [-0.25, -0.2) is 0 Å². The summed E-state index contributed by atoms with van der Waals surface area (Å²) in [6.07, 6.45) is 5.22. The topological polar surface area (TPSA) is 45.6 Å². The second kappa shape index (κ2) is 10.1. The van der Waals surface area contributed by atoms with Gasteiger partial charge in [-0.3, -0.25) is 4.99 Å². The Labute approximate surface area is 116 Å². The molecular formula is C11H24IN3O. The lowest BCUT2D eigenvalue weighted by molar-refractivity contribution is 0.152. The van der Waals surface area contributed by atoms with Gasteiger partial charge in [0, 0.05) is 26.2 Å². The van der Waals surface area contributed by atoms with Crippen molar-refractivity contribution < 1.29 is 4.74 Å². The smallest absolute Gasteiger partial charge is 0.191 e. The molecule has 4 nitrogen and oxygen atoms in total. The van der Waals surface area contributed by atoms with Crippen LogP contribution in [0.1, 0.15) is 32.6 Å². The second-order valence-electron chi connectivity index (χ2n) is 3.82. The predicted octanol–water partition coefficient (Wildman–Crippen LogP) is 1.75. The third kappa shape index (κ3) is 6.52. The normalized spacial score (nSPS) is 17.0. The number of rotatable bonds is 5. The molecule has 0 radical (unpaired) electrons. The molecule has 1 saturated carbocycles. The van der Waals surface area contributed by atoms with Crippen molar-refractivity contribution in [3.63, 3.8) is 0 Å². The fourth-order valence-corrected chi connectivity index (χ4v) is 1.84. The maximum absolute atomic E-state index is 5.25. The van der Waals surface area contributed by atoms with E-state index in [-0.39, 0.29) is 24.0 Å². The fraction of sp³-hybridized carbons (Fsp3) is 0.909. The van der Waals surface area contributed by atoms with Gasteiger partial charge in [0.15, 0.2) is 5.96 Å². The first-order valence-electron chi connectivity index (χ1n) is 5.91. The molecule has 16 heavy (non-hydrogen) atoms. The van der Waals surface area contributed by atoms with Gasteiger partial charge in [-0.2, -0.15) is 0 Å². The Bertz CT molecular complexity index is 194. The highest BCUT2D eigenvalue weighted by molar-refractivity contribution is 14.0. The standard InChI is InChI=1S/C11H23N3O.HI/c1-3-15-9-8-13-11(12-2)14-10-6-4-5-7-10;/h10H,3-9H2,1-2H3,(H2,12,13,14);1H. The summed E-state index contributed by atoms with van der Waals surface area (Å²) in [5.41, 5.74) is 0. The third-order valence-corrected chi connectivity index (χ3v) is 2.66. The van der Waals surface area contributed by atoms with Crippen molar-refractivity contribution in [1.29, 1.82) is 0 Å². The monoisotopic (exact) mass is 341 g/mol. The van der Waals surface area contributed by atoms with Crippen LogP contribution in [0.25, 0.3) is 0 Å². The highest BCUT2D eigenvalue weighted by atomic mass is 127. The maximum Gasteiger partial charge on any atom is 0.191 e. The molecule has 0 aromatic carbocycles. The van der Waals surface area contributed by atoms with E-state index in [1.165, 1.54) is 25.7 Å². The minimum Gasteiger partial charge on any atom is -0.380 e. The van der Waals surface area contributed by atoms with E-state index in [1.54, 1.807) is 0 Å². The van der Waals surface area contributed by atoms with Crippen LogP contribution in [0.4, 0.5) is 0 Å². The quantitative estimate of drug-likeness (QED) is 0.347. The molecule has 0 heterocycles.